The maximum absolute atomic E-state index is 12.7. The van der Waals surface area contributed by atoms with Crippen LogP contribution in [-0.4, -0.2) is 35.4 Å². The SMILES string of the molecule is C[Si](C)(C)CCOCn1nc(/C=C/c2ccncc2)c2ccc(/C=C3/C(=O)NCc4ccccc43)cc21. The third kappa shape index (κ3) is 5.95. The van der Waals surface area contributed by atoms with Crippen molar-refractivity contribution in [2.75, 3.05) is 6.61 Å². The van der Waals surface area contributed by atoms with Crippen LogP contribution >= 0.6 is 0 Å². The molecule has 1 aliphatic rings. The van der Waals surface area contributed by atoms with Crippen molar-refractivity contribution in [2.45, 2.75) is 39.0 Å². The number of carbonyl (C=O) groups excluding carboxylic acids is 1. The molecule has 0 unspecified atom stereocenters. The molecule has 5 rings (SSSR count). The van der Waals surface area contributed by atoms with Gasteiger partial charge in [-0.3, -0.25) is 9.78 Å². The van der Waals surface area contributed by atoms with Gasteiger partial charge in [-0.2, -0.15) is 5.10 Å². The van der Waals surface area contributed by atoms with Crippen LogP contribution in [0.5, 0.6) is 0 Å². The van der Waals surface area contributed by atoms with Crippen LogP contribution in [0.3, 0.4) is 0 Å². The lowest BCUT2D eigenvalue weighted by Crippen LogP contribution is -2.29. The van der Waals surface area contributed by atoms with Gasteiger partial charge in [0.25, 0.3) is 5.91 Å². The third-order valence-corrected chi connectivity index (χ3v) is 8.16. The van der Waals surface area contributed by atoms with Gasteiger partial charge in [0.05, 0.1) is 11.2 Å². The number of pyridine rings is 1. The zero-order valence-electron chi connectivity index (χ0n) is 21.6. The summed E-state index contributed by atoms with van der Waals surface area (Å²) in [6, 6.07) is 19.3. The second-order valence-electron chi connectivity index (χ2n) is 10.5. The summed E-state index contributed by atoms with van der Waals surface area (Å²) in [4.78, 5) is 16.8. The van der Waals surface area contributed by atoms with Gasteiger partial charge in [-0.05, 0) is 64.7 Å². The summed E-state index contributed by atoms with van der Waals surface area (Å²) in [5.41, 5.74) is 6.64. The van der Waals surface area contributed by atoms with Crippen molar-refractivity contribution < 1.29 is 9.53 Å². The second kappa shape index (κ2) is 10.7. The molecule has 0 aliphatic carbocycles. The van der Waals surface area contributed by atoms with Crippen LogP contribution in [0.15, 0.2) is 67.0 Å². The van der Waals surface area contributed by atoms with Gasteiger partial charge >= 0.3 is 0 Å². The van der Waals surface area contributed by atoms with E-state index in [0.717, 1.165) is 51.5 Å². The molecule has 1 amide bonds. The van der Waals surface area contributed by atoms with E-state index in [1.165, 1.54) is 0 Å². The molecular weight excluding hydrogens is 476 g/mol. The Hall–Kier alpha value is -3.81. The lowest BCUT2D eigenvalue weighted by atomic mass is 9.94. The van der Waals surface area contributed by atoms with Gasteiger partial charge in [0.2, 0.25) is 0 Å². The lowest BCUT2D eigenvalue weighted by Gasteiger charge is -2.19. The van der Waals surface area contributed by atoms with Gasteiger partial charge in [-0.1, -0.05) is 56.0 Å². The first kappa shape index (κ1) is 24.9. The lowest BCUT2D eigenvalue weighted by molar-refractivity contribution is -0.115. The summed E-state index contributed by atoms with van der Waals surface area (Å²) in [6.45, 7) is 8.70. The molecule has 0 saturated carbocycles. The largest absolute Gasteiger partial charge is 0.360 e. The van der Waals surface area contributed by atoms with Gasteiger partial charge in [-0.15, -0.1) is 0 Å². The van der Waals surface area contributed by atoms with Crippen molar-refractivity contribution >= 4 is 48.7 Å². The van der Waals surface area contributed by atoms with Crippen molar-refractivity contribution in [3.8, 4) is 0 Å². The number of amides is 1. The minimum atomic E-state index is -1.18. The van der Waals surface area contributed by atoms with E-state index >= 15 is 0 Å². The molecule has 1 N–H and O–H groups in total. The minimum Gasteiger partial charge on any atom is -0.360 e. The summed E-state index contributed by atoms with van der Waals surface area (Å²) < 4.78 is 7.98. The average Bonchev–Trinajstić information content (AvgIpc) is 3.24. The number of fused-ring (bicyclic) bond motifs is 2. The summed E-state index contributed by atoms with van der Waals surface area (Å²) in [6.07, 6.45) is 9.59. The van der Waals surface area contributed by atoms with Crippen LogP contribution in [0.25, 0.3) is 34.7 Å². The van der Waals surface area contributed by atoms with Gasteiger partial charge in [0, 0.05) is 44.6 Å². The van der Waals surface area contributed by atoms with Crippen molar-refractivity contribution in [2.24, 2.45) is 0 Å². The maximum Gasteiger partial charge on any atom is 0.252 e. The van der Waals surface area contributed by atoms with Gasteiger partial charge in [0.15, 0.2) is 0 Å². The van der Waals surface area contributed by atoms with E-state index in [1.54, 1.807) is 12.4 Å². The maximum atomic E-state index is 12.7. The Morgan fingerprint density at radius 1 is 1.03 bits per heavy atom. The van der Waals surface area contributed by atoms with Crippen molar-refractivity contribution in [1.29, 1.82) is 0 Å². The number of carbonyl (C=O) groups is 1. The first-order valence-electron chi connectivity index (χ1n) is 12.6. The zero-order valence-corrected chi connectivity index (χ0v) is 22.6. The number of rotatable bonds is 8. The molecule has 0 radical (unpaired) electrons. The van der Waals surface area contributed by atoms with E-state index in [9.17, 15) is 4.79 Å². The van der Waals surface area contributed by atoms with Crippen LogP contribution in [0.2, 0.25) is 25.7 Å². The van der Waals surface area contributed by atoms with Crippen LogP contribution in [0.1, 0.15) is 27.9 Å². The van der Waals surface area contributed by atoms with Gasteiger partial charge in [-0.25, -0.2) is 4.68 Å². The fourth-order valence-electron chi connectivity index (χ4n) is 4.35. The summed E-state index contributed by atoms with van der Waals surface area (Å²) in [5.74, 6) is -0.0528. The van der Waals surface area contributed by atoms with E-state index in [4.69, 9.17) is 9.84 Å². The molecule has 0 spiro atoms. The molecular formula is C30H32N4O2Si. The highest BCUT2D eigenvalue weighted by Gasteiger charge is 2.20. The van der Waals surface area contributed by atoms with E-state index in [2.05, 4.69) is 48.1 Å². The standard InChI is InChI=1S/C30H32N4O2Si/c1-37(2,3)17-16-36-21-34-29-19-23(18-27-25-7-5-4-6-24(25)20-32-30(27)35)8-10-26(29)28(33-34)11-9-22-12-14-31-15-13-22/h4-15,18-19H,16-17,20-21H2,1-3H3,(H,32,35)/b11-9+,27-18+. The Labute approximate surface area is 218 Å². The monoisotopic (exact) mass is 508 g/mol. The van der Waals surface area contributed by atoms with Crippen molar-refractivity contribution in [1.82, 2.24) is 20.1 Å². The van der Waals surface area contributed by atoms with Crippen LogP contribution in [0.4, 0.5) is 0 Å². The number of hydrogen-bond donors (Lipinski definition) is 1. The first-order valence-corrected chi connectivity index (χ1v) is 16.3. The molecule has 1 aliphatic heterocycles. The predicted octanol–water partition coefficient (Wildman–Crippen LogP) is 6.08. The van der Waals surface area contributed by atoms with Gasteiger partial charge in [0.1, 0.15) is 6.73 Å². The Bertz CT molecular complexity index is 1480. The summed E-state index contributed by atoms with van der Waals surface area (Å²) in [5, 5.41) is 8.90. The van der Waals surface area contributed by atoms with Crippen molar-refractivity contribution in [3.63, 3.8) is 0 Å². The molecule has 7 heteroatoms. The number of aromatic nitrogens is 3. The van der Waals surface area contributed by atoms with Crippen LogP contribution in [-0.2, 0) is 22.8 Å². The number of nitrogens with one attached hydrogen (secondary N) is 1. The number of hydrogen-bond acceptors (Lipinski definition) is 4. The second-order valence-corrected chi connectivity index (χ2v) is 16.1. The molecule has 2 aromatic heterocycles. The number of ether oxygens (including phenoxy) is 1. The van der Waals surface area contributed by atoms with E-state index < -0.39 is 8.07 Å². The Balaban J connectivity index is 1.50. The Morgan fingerprint density at radius 2 is 1.84 bits per heavy atom. The predicted molar refractivity (Wildman–Crippen MR) is 153 cm³/mol. The van der Waals surface area contributed by atoms with Gasteiger partial charge < -0.3 is 10.1 Å². The fraction of sp³-hybridized carbons (Fsp3) is 0.233. The number of benzene rings is 2. The Morgan fingerprint density at radius 3 is 2.65 bits per heavy atom. The smallest absolute Gasteiger partial charge is 0.252 e. The van der Waals surface area contributed by atoms with E-state index in [-0.39, 0.29) is 5.91 Å². The fourth-order valence-corrected chi connectivity index (χ4v) is 5.10. The molecule has 2 aromatic carbocycles. The topological polar surface area (TPSA) is 69.0 Å². The highest BCUT2D eigenvalue weighted by molar-refractivity contribution is 6.76. The molecule has 0 saturated heterocycles. The zero-order chi connectivity index (χ0) is 25.8. The van der Waals surface area contributed by atoms with Crippen LogP contribution < -0.4 is 5.32 Å². The van der Waals surface area contributed by atoms with Crippen molar-refractivity contribution in [3.05, 3.63) is 94.9 Å². The summed E-state index contributed by atoms with van der Waals surface area (Å²) in [7, 11) is -1.18. The normalized spacial score (nSPS) is 14.9. The van der Waals surface area contributed by atoms with E-state index in [0.29, 0.717) is 18.8 Å². The molecule has 188 valence electrons. The van der Waals surface area contributed by atoms with E-state index in [1.807, 2.05) is 59.3 Å². The van der Waals surface area contributed by atoms with Crippen LogP contribution in [0, 0.1) is 0 Å². The summed E-state index contributed by atoms with van der Waals surface area (Å²) >= 11 is 0. The first-order chi connectivity index (χ1) is 17.9. The molecule has 0 atom stereocenters. The Kier molecular flexibility index (Phi) is 7.16. The molecule has 0 fully saturated rings. The molecule has 0 bridgehead atoms. The molecule has 4 aromatic rings. The third-order valence-electron chi connectivity index (χ3n) is 6.46. The molecule has 6 nitrogen and oxygen atoms in total. The minimum absolute atomic E-state index is 0.0528. The average molecular weight is 509 g/mol. The quantitative estimate of drug-likeness (QED) is 0.178. The highest BCUT2D eigenvalue weighted by atomic mass is 28.3. The molecule has 37 heavy (non-hydrogen) atoms. The highest BCUT2D eigenvalue weighted by Crippen LogP contribution is 2.28. The molecule has 3 heterocycles. The number of nitrogens with zero attached hydrogens (tertiary/aromatic N) is 3.